The number of ether oxygens (including phenoxy) is 2. The zero-order valence-electron chi connectivity index (χ0n) is 31.2. The van der Waals surface area contributed by atoms with Gasteiger partial charge in [0.2, 0.25) is 15.9 Å². The van der Waals surface area contributed by atoms with Crippen LogP contribution < -0.4 is 14.4 Å². The Bertz CT molecular complexity index is 1810. The van der Waals surface area contributed by atoms with Crippen molar-refractivity contribution in [1.82, 2.24) is 4.72 Å². The SMILES string of the molecule is COc1ccc(N2CC[C@H]3[C@@H](OC(C)=O)CC=C[C@@]3(C[C@H](/C=C\CCCCOS(=O)(=O)c3ccc(C)cc3)NS(=O)(=O)CC[Si](C)(C)C)C2=O)cc1. The van der Waals surface area contributed by atoms with Crippen LogP contribution in [0.1, 0.15) is 51.0 Å². The van der Waals surface area contributed by atoms with Crippen LogP contribution in [0.15, 0.2) is 77.7 Å². The number of carbonyl (C=O) groups is 2. The Hall–Kier alpha value is -3.30. The molecule has 14 heteroatoms. The number of amides is 1. The third-order valence-electron chi connectivity index (χ3n) is 9.59. The minimum atomic E-state index is -3.87. The van der Waals surface area contributed by atoms with Gasteiger partial charge in [-0.25, -0.2) is 13.1 Å². The van der Waals surface area contributed by atoms with Gasteiger partial charge in [0.15, 0.2) is 0 Å². The number of anilines is 1. The first-order valence-corrected chi connectivity index (χ1v) is 24.7. The number of benzene rings is 2. The Morgan fingerprint density at radius 1 is 1.06 bits per heavy atom. The maximum atomic E-state index is 14.7. The fourth-order valence-corrected chi connectivity index (χ4v) is 12.0. The second-order valence-corrected chi connectivity index (χ2v) is 24.1. The van der Waals surface area contributed by atoms with Crippen LogP contribution in [0.4, 0.5) is 5.69 Å². The number of unbranched alkanes of at least 4 members (excludes halogenated alkanes) is 2. The second-order valence-electron chi connectivity index (χ2n) is 14.9. The molecule has 0 radical (unpaired) electrons. The lowest BCUT2D eigenvalue weighted by Gasteiger charge is -2.50. The third kappa shape index (κ3) is 11.3. The summed E-state index contributed by atoms with van der Waals surface area (Å²) in [6.45, 7) is 10.0. The number of aryl methyl sites for hydroxylation is 1. The zero-order chi connectivity index (χ0) is 38.2. The van der Waals surface area contributed by atoms with E-state index in [1.165, 1.54) is 19.1 Å². The molecule has 52 heavy (non-hydrogen) atoms. The van der Waals surface area contributed by atoms with Gasteiger partial charge < -0.3 is 14.4 Å². The molecule has 2 aliphatic rings. The quantitative estimate of drug-likeness (QED) is 0.0600. The number of nitrogens with one attached hydrogen (secondary N) is 1. The molecular formula is C38H54N2O9S2Si. The molecule has 1 fully saturated rings. The van der Waals surface area contributed by atoms with Gasteiger partial charge in [0.05, 0.1) is 29.8 Å². The van der Waals surface area contributed by atoms with Gasteiger partial charge in [0, 0.05) is 45.6 Å². The van der Waals surface area contributed by atoms with Crippen LogP contribution >= 0.6 is 0 Å². The molecule has 0 bridgehead atoms. The van der Waals surface area contributed by atoms with Gasteiger partial charge in [-0.1, -0.05) is 61.6 Å². The first-order chi connectivity index (χ1) is 24.4. The molecule has 4 rings (SSSR count). The topological polar surface area (TPSA) is 145 Å². The number of methoxy groups -OCH3 is 1. The van der Waals surface area contributed by atoms with E-state index in [0.717, 1.165) is 5.56 Å². The van der Waals surface area contributed by atoms with Crippen molar-refractivity contribution in [3.63, 3.8) is 0 Å². The molecule has 0 spiro atoms. The van der Waals surface area contributed by atoms with Gasteiger partial charge in [-0.05, 0) is 81.5 Å². The Morgan fingerprint density at radius 2 is 1.75 bits per heavy atom. The lowest BCUT2D eigenvalue weighted by Crippen LogP contribution is -2.59. The van der Waals surface area contributed by atoms with Gasteiger partial charge in [0.1, 0.15) is 11.9 Å². The van der Waals surface area contributed by atoms with Crippen LogP contribution in [-0.4, -0.2) is 74.9 Å². The van der Waals surface area contributed by atoms with Crippen molar-refractivity contribution in [2.75, 3.05) is 30.9 Å². The van der Waals surface area contributed by atoms with Crippen LogP contribution in [-0.2, 0) is 38.7 Å². The maximum absolute atomic E-state index is 14.7. The molecule has 0 unspecified atom stereocenters. The van der Waals surface area contributed by atoms with Gasteiger partial charge in [-0.15, -0.1) is 0 Å². The highest BCUT2D eigenvalue weighted by molar-refractivity contribution is 7.89. The summed E-state index contributed by atoms with van der Waals surface area (Å²) in [4.78, 5) is 28.7. The van der Waals surface area contributed by atoms with Crippen LogP contribution in [0, 0.1) is 18.3 Å². The lowest BCUT2D eigenvalue weighted by molar-refractivity contribution is -0.156. The molecule has 1 aliphatic carbocycles. The molecule has 1 aliphatic heterocycles. The predicted octanol–water partition coefficient (Wildman–Crippen LogP) is 6.38. The monoisotopic (exact) mass is 774 g/mol. The minimum Gasteiger partial charge on any atom is -0.497 e. The number of allylic oxidation sites excluding steroid dienone is 1. The third-order valence-corrected chi connectivity index (χ3v) is 14.4. The van der Waals surface area contributed by atoms with E-state index in [0.29, 0.717) is 56.1 Å². The molecule has 11 nitrogen and oxygen atoms in total. The second kappa shape index (κ2) is 17.7. The summed E-state index contributed by atoms with van der Waals surface area (Å²) in [7, 11) is -7.70. The normalized spacial score (nSPS) is 21.6. The number of carbonyl (C=O) groups excluding carboxylic acids is 2. The molecule has 0 saturated carbocycles. The number of sulfonamides is 1. The smallest absolute Gasteiger partial charge is 0.302 e. The number of nitrogens with zero attached hydrogens (tertiary/aromatic N) is 1. The molecule has 2 aromatic carbocycles. The van der Waals surface area contributed by atoms with Crippen LogP contribution in [0.5, 0.6) is 5.75 Å². The molecule has 286 valence electrons. The van der Waals surface area contributed by atoms with Crippen LogP contribution in [0.2, 0.25) is 25.7 Å². The van der Waals surface area contributed by atoms with E-state index in [-0.39, 0.29) is 35.5 Å². The van der Waals surface area contributed by atoms with Crippen molar-refractivity contribution in [2.45, 2.75) is 95.1 Å². The van der Waals surface area contributed by atoms with Gasteiger partial charge in [-0.3, -0.25) is 13.8 Å². The number of esters is 1. The average Bonchev–Trinajstić information content (AvgIpc) is 3.07. The minimum absolute atomic E-state index is 0.0135. The van der Waals surface area contributed by atoms with E-state index >= 15 is 0 Å². The van der Waals surface area contributed by atoms with E-state index in [9.17, 15) is 26.4 Å². The Balaban J connectivity index is 1.56. The summed E-state index contributed by atoms with van der Waals surface area (Å²) in [5.41, 5.74) is 0.482. The fraction of sp³-hybridized carbons (Fsp3) is 0.526. The molecule has 4 atom stereocenters. The largest absolute Gasteiger partial charge is 0.497 e. The summed E-state index contributed by atoms with van der Waals surface area (Å²) in [5, 5.41) is 0. The average molecular weight is 775 g/mol. The van der Waals surface area contributed by atoms with Crippen molar-refractivity contribution < 1.29 is 40.1 Å². The van der Waals surface area contributed by atoms with Gasteiger partial charge in [-0.2, -0.15) is 8.42 Å². The standard InChI is InChI=1S/C38H54N2O9S2Si/c1-29-14-20-34(21-15-29)51(45,46)48-25-10-8-7-9-12-31(39-50(43,44)26-27-52(4,5)6)28-38-23-11-13-36(49-30(2)41)35(38)22-24-40(37(38)42)32-16-18-33(47-3)19-17-32/h9,11-12,14-21,23,31,35-36,39H,7-8,10,13,22,24-28H2,1-6H3/b12-9-/t31-,35-,36-,38-/m0/s1. The highest BCUT2D eigenvalue weighted by atomic mass is 32.2. The number of hydrogen-bond donors (Lipinski definition) is 1. The molecule has 2 aromatic rings. The molecule has 1 N–H and O–H groups in total. The van der Waals surface area contributed by atoms with E-state index in [1.54, 1.807) is 42.4 Å². The molecule has 0 aromatic heterocycles. The van der Waals surface area contributed by atoms with Gasteiger partial charge >= 0.3 is 5.97 Å². The summed E-state index contributed by atoms with van der Waals surface area (Å²) in [6, 6.07) is 13.5. The molecule has 1 saturated heterocycles. The fourth-order valence-electron chi connectivity index (χ4n) is 6.79. The summed E-state index contributed by atoms with van der Waals surface area (Å²) in [6.07, 6.45) is 9.62. The maximum Gasteiger partial charge on any atom is 0.302 e. The van der Waals surface area contributed by atoms with E-state index in [2.05, 4.69) is 24.4 Å². The summed E-state index contributed by atoms with van der Waals surface area (Å²) in [5.74, 6) is -0.343. The van der Waals surface area contributed by atoms with Crippen molar-refractivity contribution in [3.05, 3.63) is 78.4 Å². The highest BCUT2D eigenvalue weighted by Crippen LogP contribution is 2.49. The first kappa shape index (κ1) is 41.5. The Kier molecular flexibility index (Phi) is 14.1. The summed E-state index contributed by atoms with van der Waals surface area (Å²) >= 11 is 0. The predicted molar refractivity (Wildman–Crippen MR) is 206 cm³/mol. The molecule has 1 amide bonds. The number of rotatable bonds is 18. The van der Waals surface area contributed by atoms with Gasteiger partial charge in [0.25, 0.3) is 10.1 Å². The number of hydrogen-bond acceptors (Lipinski definition) is 9. The Morgan fingerprint density at radius 3 is 2.38 bits per heavy atom. The number of piperidine rings is 1. The lowest BCUT2D eigenvalue weighted by atomic mass is 9.61. The van der Waals surface area contributed by atoms with E-state index < -0.39 is 51.7 Å². The first-order valence-electron chi connectivity index (χ1n) is 17.9. The van der Waals surface area contributed by atoms with E-state index in [4.69, 9.17) is 13.7 Å². The van der Waals surface area contributed by atoms with Crippen molar-refractivity contribution >= 4 is 45.8 Å². The zero-order valence-corrected chi connectivity index (χ0v) is 33.8. The van der Waals surface area contributed by atoms with Crippen LogP contribution in [0.25, 0.3) is 0 Å². The van der Waals surface area contributed by atoms with Crippen LogP contribution in [0.3, 0.4) is 0 Å². The highest BCUT2D eigenvalue weighted by Gasteiger charge is 2.55. The Labute approximate surface area is 311 Å². The molecular weight excluding hydrogens is 721 g/mol. The van der Waals surface area contributed by atoms with Crippen molar-refractivity contribution in [1.29, 1.82) is 0 Å². The number of fused-ring (bicyclic) bond motifs is 1. The van der Waals surface area contributed by atoms with Crippen molar-refractivity contribution in [3.8, 4) is 5.75 Å². The van der Waals surface area contributed by atoms with E-state index in [1.807, 2.05) is 37.3 Å². The summed E-state index contributed by atoms with van der Waals surface area (Å²) < 4.78 is 71.4. The van der Waals surface area contributed by atoms with Crippen molar-refractivity contribution in [2.24, 2.45) is 11.3 Å². The molecule has 1 heterocycles.